The lowest BCUT2D eigenvalue weighted by molar-refractivity contribution is 0.0691. The normalized spacial score (nSPS) is 10.2. The lowest BCUT2D eigenvalue weighted by atomic mass is 10.2. The number of halogens is 2. The molecule has 0 bridgehead atoms. The molecule has 6 heteroatoms. The van der Waals surface area contributed by atoms with Crippen LogP contribution in [0.15, 0.2) is 40.9 Å². The molecule has 0 aliphatic heterocycles. The standard InChI is InChI=1S/C15H12BrFO4/c1-20-11-3-4-12(15(18)19)14(7-11)21-8-9-6-10(16)2-5-13(9)17/h2-7H,8H2,1H3,(H,18,19). The van der Waals surface area contributed by atoms with Gasteiger partial charge in [-0.05, 0) is 30.3 Å². The van der Waals surface area contributed by atoms with E-state index in [0.717, 1.165) is 0 Å². The molecule has 0 saturated heterocycles. The molecular formula is C15H12BrFO4. The van der Waals surface area contributed by atoms with Crippen molar-refractivity contribution in [1.29, 1.82) is 0 Å². The Balaban J connectivity index is 2.26. The predicted octanol–water partition coefficient (Wildman–Crippen LogP) is 3.87. The van der Waals surface area contributed by atoms with Crippen molar-refractivity contribution in [3.8, 4) is 11.5 Å². The topological polar surface area (TPSA) is 55.8 Å². The Morgan fingerprint density at radius 2 is 2.05 bits per heavy atom. The molecule has 0 spiro atoms. The minimum absolute atomic E-state index is 0.00814. The monoisotopic (exact) mass is 354 g/mol. The Labute approximate surface area is 129 Å². The van der Waals surface area contributed by atoms with Crippen molar-refractivity contribution >= 4 is 21.9 Å². The number of methoxy groups -OCH3 is 1. The SMILES string of the molecule is COc1ccc(C(=O)O)c(OCc2cc(Br)ccc2F)c1. The number of hydrogen-bond donors (Lipinski definition) is 1. The lowest BCUT2D eigenvalue weighted by Crippen LogP contribution is -2.05. The molecule has 0 heterocycles. The number of aromatic carboxylic acids is 1. The molecule has 0 aromatic heterocycles. The van der Waals surface area contributed by atoms with Crippen molar-refractivity contribution < 1.29 is 23.8 Å². The van der Waals surface area contributed by atoms with Gasteiger partial charge in [-0.25, -0.2) is 9.18 Å². The summed E-state index contributed by atoms with van der Waals surface area (Å²) in [6.07, 6.45) is 0. The predicted molar refractivity (Wildman–Crippen MR) is 78.4 cm³/mol. The van der Waals surface area contributed by atoms with Gasteiger partial charge in [0, 0.05) is 16.1 Å². The zero-order valence-corrected chi connectivity index (χ0v) is 12.7. The van der Waals surface area contributed by atoms with Gasteiger partial charge < -0.3 is 14.6 Å². The molecular weight excluding hydrogens is 343 g/mol. The number of hydrogen-bond acceptors (Lipinski definition) is 3. The van der Waals surface area contributed by atoms with E-state index in [1.165, 1.54) is 31.4 Å². The fourth-order valence-electron chi connectivity index (χ4n) is 1.74. The Bertz CT molecular complexity index is 673. The van der Waals surface area contributed by atoms with E-state index in [4.69, 9.17) is 14.6 Å². The van der Waals surface area contributed by atoms with Gasteiger partial charge in [0.15, 0.2) is 0 Å². The highest BCUT2D eigenvalue weighted by molar-refractivity contribution is 9.10. The molecule has 21 heavy (non-hydrogen) atoms. The van der Waals surface area contributed by atoms with Crippen LogP contribution in [0, 0.1) is 5.82 Å². The molecule has 0 aliphatic carbocycles. The average molecular weight is 355 g/mol. The van der Waals surface area contributed by atoms with Gasteiger partial charge >= 0.3 is 5.97 Å². The van der Waals surface area contributed by atoms with E-state index in [2.05, 4.69) is 15.9 Å². The van der Waals surface area contributed by atoms with E-state index in [1.807, 2.05) is 0 Å². The highest BCUT2D eigenvalue weighted by Crippen LogP contribution is 2.26. The Kier molecular flexibility index (Phi) is 4.80. The number of carboxylic acid groups (broad SMARTS) is 1. The number of rotatable bonds is 5. The van der Waals surface area contributed by atoms with E-state index in [0.29, 0.717) is 15.8 Å². The van der Waals surface area contributed by atoms with Crippen LogP contribution in [0.1, 0.15) is 15.9 Å². The maximum Gasteiger partial charge on any atom is 0.339 e. The van der Waals surface area contributed by atoms with Gasteiger partial charge in [0.2, 0.25) is 0 Å². The molecule has 0 unspecified atom stereocenters. The van der Waals surface area contributed by atoms with Gasteiger partial charge in [-0.1, -0.05) is 15.9 Å². The van der Waals surface area contributed by atoms with Crippen LogP contribution in [-0.4, -0.2) is 18.2 Å². The van der Waals surface area contributed by atoms with Crippen molar-refractivity contribution in [3.63, 3.8) is 0 Å². The van der Waals surface area contributed by atoms with Crippen LogP contribution in [0.3, 0.4) is 0 Å². The van der Waals surface area contributed by atoms with Crippen molar-refractivity contribution in [2.45, 2.75) is 6.61 Å². The Hall–Kier alpha value is -2.08. The number of carbonyl (C=O) groups is 1. The fraction of sp³-hybridized carbons (Fsp3) is 0.133. The molecule has 0 saturated carbocycles. The second kappa shape index (κ2) is 6.58. The first-order chi connectivity index (χ1) is 10.0. The summed E-state index contributed by atoms with van der Waals surface area (Å²) in [6.45, 7) is -0.0846. The van der Waals surface area contributed by atoms with E-state index in [9.17, 15) is 9.18 Å². The molecule has 2 aromatic carbocycles. The minimum Gasteiger partial charge on any atom is -0.497 e. The third kappa shape index (κ3) is 3.72. The zero-order chi connectivity index (χ0) is 15.4. The summed E-state index contributed by atoms with van der Waals surface area (Å²) in [5.74, 6) is -0.953. The summed E-state index contributed by atoms with van der Waals surface area (Å²) in [5, 5.41) is 9.12. The van der Waals surface area contributed by atoms with Crippen LogP contribution in [0.25, 0.3) is 0 Å². The second-order valence-electron chi connectivity index (χ2n) is 4.19. The molecule has 0 radical (unpaired) electrons. The largest absolute Gasteiger partial charge is 0.497 e. The lowest BCUT2D eigenvalue weighted by Gasteiger charge is -2.11. The van der Waals surface area contributed by atoms with Crippen LogP contribution in [0.5, 0.6) is 11.5 Å². The van der Waals surface area contributed by atoms with Gasteiger partial charge in [0.1, 0.15) is 29.5 Å². The molecule has 4 nitrogen and oxygen atoms in total. The van der Waals surface area contributed by atoms with E-state index < -0.39 is 11.8 Å². The molecule has 2 rings (SSSR count). The summed E-state index contributed by atoms with van der Waals surface area (Å²) in [4.78, 5) is 11.2. The smallest absolute Gasteiger partial charge is 0.339 e. The number of ether oxygens (including phenoxy) is 2. The second-order valence-corrected chi connectivity index (χ2v) is 5.11. The summed E-state index contributed by atoms with van der Waals surface area (Å²) in [5.41, 5.74) is 0.315. The van der Waals surface area contributed by atoms with Gasteiger partial charge in [-0.3, -0.25) is 0 Å². The average Bonchev–Trinajstić information content (AvgIpc) is 2.47. The van der Waals surface area contributed by atoms with Gasteiger partial charge in [0.25, 0.3) is 0 Å². The van der Waals surface area contributed by atoms with Gasteiger partial charge in [-0.15, -0.1) is 0 Å². The molecule has 0 amide bonds. The van der Waals surface area contributed by atoms with Crippen LogP contribution >= 0.6 is 15.9 Å². The van der Waals surface area contributed by atoms with Crippen molar-refractivity contribution in [2.75, 3.05) is 7.11 Å². The minimum atomic E-state index is -1.12. The molecule has 0 aliphatic rings. The van der Waals surface area contributed by atoms with Crippen molar-refractivity contribution in [3.05, 3.63) is 57.8 Å². The third-order valence-electron chi connectivity index (χ3n) is 2.81. The van der Waals surface area contributed by atoms with Crippen LogP contribution in [0.4, 0.5) is 4.39 Å². The van der Waals surface area contributed by atoms with E-state index in [1.54, 1.807) is 12.1 Å². The molecule has 0 fully saturated rings. The first-order valence-corrected chi connectivity index (χ1v) is 6.78. The van der Waals surface area contributed by atoms with Crippen molar-refractivity contribution in [2.24, 2.45) is 0 Å². The number of benzene rings is 2. The summed E-state index contributed by atoms with van der Waals surface area (Å²) in [6, 6.07) is 8.83. The molecule has 2 aromatic rings. The van der Waals surface area contributed by atoms with Crippen LogP contribution < -0.4 is 9.47 Å². The van der Waals surface area contributed by atoms with Crippen molar-refractivity contribution in [1.82, 2.24) is 0 Å². The molecule has 110 valence electrons. The zero-order valence-electron chi connectivity index (χ0n) is 11.1. The maximum absolute atomic E-state index is 13.6. The molecule has 1 N–H and O–H groups in total. The first-order valence-electron chi connectivity index (χ1n) is 5.99. The first kappa shape index (κ1) is 15.3. The quantitative estimate of drug-likeness (QED) is 0.885. The van der Waals surface area contributed by atoms with Gasteiger partial charge in [0.05, 0.1) is 7.11 Å². The number of carboxylic acids is 1. The third-order valence-corrected chi connectivity index (χ3v) is 3.30. The van der Waals surface area contributed by atoms with Crippen LogP contribution in [-0.2, 0) is 6.61 Å². The van der Waals surface area contributed by atoms with E-state index in [-0.39, 0.29) is 17.9 Å². The summed E-state index contributed by atoms with van der Waals surface area (Å²) >= 11 is 3.25. The molecule has 0 atom stereocenters. The highest BCUT2D eigenvalue weighted by Gasteiger charge is 2.13. The Morgan fingerprint density at radius 1 is 1.29 bits per heavy atom. The highest BCUT2D eigenvalue weighted by atomic mass is 79.9. The van der Waals surface area contributed by atoms with Gasteiger partial charge in [-0.2, -0.15) is 0 Å². The summed E-state index contributed by atoms with van der Waals surface area (Å²) in [7, 11) is 1.47. The summed E-state index contributed by atoms with van der Waals surface area (Å²) < 4.78 is 24.8. The Morgan fingerprint density at radius 3 is 2.71 bits per heavy atom. The maximum atomic E-state index is 13.6. The van der Waals surface area contributed by atoms with Crippen LogP contribution in [0.2, 0.25) is 0 Å². The van der Waals surface area contributed by atoms with E-state index >= 15 is 0 Å². The fourth-order valence-corrected chi connectivity index (χ4v) is 2.14.